The lowest BCUT2D eigenvalue weighted by Gasteiger charge is -2.34. The van der Waals surface area contributed by atoms with Gasteiger partial charge in [0, 0.05) is 11.5 Å². The van der Waals surface area contributed by atoms with Crippen LogP contribution in [0, 0.1) is 34.0 Å². The lowest BCUT2D eigenvalue weighted by atomic mass is 9.72. The molecule has 0 fully saturated rings. The SMILES string of the molecule is CCCCC[C@@H](C)NC(=O)CSC1=C(C#N)C(C)(C)[C@@H](C#N)C(=O)N1. The highest BCUT2D eigenvalue weighted by Gasteiger charge is 2.44. The lowest BCUT2D eigenvalue weighted by molar-refractivity contribution is -0.125. The largest absolute Gasteiger partial charge is 0.353 e. The van der Waals surface area contributed by atoms with Crippen LogP contribution in [-0.4, -0.2) is 23.6 Å². The van der Waals surface area contributed by atoms with E-state index in [0.29, 0.717) is 10.6 Å². The second-order valence-corrected chi connectivity index (χ2v) is 7.83. The molecule has 2 N–H and O–H groups in total. The molecule has 2 atom stereocenters. The average molecular weight is 362 g/mol. The van der Waals surface area contributed by atoms with E-state index in [4.69, 9.17) is 0 Å². The van der Waals surface area contributed by atoms with Crippen LogP contribution in [0.15, 0.2) is 10.6 Å². The Bertz CT molecular complexity index is 628. The van der Waals surface area contributed by atoms with Gasteiger partial charge >= 0.3 is 0 Å². The van der Waals surface area contributed by atoms with Crippen LogP contribution >= 0.6 is 11.8 Å². The first-order valence-electron chi connectivity index (χ1n) is 8.55. The number of hydrogen-bond acceptors (Lipinski definition) is 5. The van der Waals surface area contributed by atoms with E-state index >= 15 is 0 Å². The number of unbranched alkanes of at least 4 members (excludes halogenated alkanes) is 2. The van der Waals surface area contributed by atoms with Gasteiger partial charge in [-0.3, -0.25) is 9.59 Å². The third-order valence-corrected chi connectivity index (χ3v) is 5.33. The van der Waals surface area contributed by atoms with E-state index in [9.17, 15) is 20.1 Å². The number of amides is 2. The Hall–Kier alpha value is -1.99. The van der Waals surface area contributed by atoms with Gasteiger partial charge in [-0.2, -0.15) is 10.5 Å². The molecule has 0 aromatic rings. The van der Waals surface area contributed by atoms with Gasteiger partial charge in [-0.15, -0.1) is 0 Å². The molecule has 6 nitrogen and oxygen atoms in total. The molecule has 0 aromatic carbocycles. The zero-order valence-corrected chi connectivity index (χ0v) is 16.1. The third-order valence-electron chi connectivity index (χ3n) is 4.33. The fourth-order valence-electron chi connectivity index (χ4n) is 2.76. The van der Waals surface area contributed by atoms with Crippen molar-refractivity contribution < 1.29 is 9.59 Å². The Morgan fingerprint density at radius 1 is 1.40 bits per heavy atom. The molecule has 7 heteroatoms. The average Bonchev–Trinajstić information content (AvgIpc) is 2.52. The van der Waals surface area contributed by atoms with Gasteiger partial charge in [0.05, 0.1) is 28.5 Å². The van der Waals surface area contributed by atoms with Crippen LogP contribution in [0.5, 0.6) is 0 Å². The molecule has 0 radical (unpaired) electrons. The number of carbonyl (C=O) groups is 2. The maximum absolute atomic E-state index is 12.1. The summed E-state index contributed by atoms with van der Waals surface area (Å²) in [4.78, 5) is 24.2. The number of carbonyl (C=O) groups excluding carboxylic acids is 2. The first-order chi connectivity index (χ1) is 11.8. The number of allylic oxidation sites excluding steroid dienone is 1. The molecular weight excluding hydrogens is 336 g/mol. The van der Waals surface area contributed by atoms with Gasteiger partial charge in [-0.1, -0.05) is 51.8 Å². The van der Waals surface area contributed by atoms with Gasteiger partial charge in [-0.05, 0) is 13.3 Å². The standard InChI is InChI=1S/C18H26N4O2S/c1-5-6-7-8-12(2)21-15(23)11-25-17-14(10-20)18(3,4)13(9-19)16(24)22-17/h12-13H,5-8,11H2,1-4H3,(H,21,23)(H,22,24)/t12-,13+/m1/s1. The molecule has 1 aliphatic rings. The van der Waals surface area contributed by atoms with Gasteiger partial charge in [0.15, 0.2) is 0 Å². The van der Waals surface area contributed by atoms with E-state index in [0.717, 1.165) is 37.4 Å². The number of nitriles is 2. The molecule has 0 saturated heterocycles. The van der Waals surface area contributed by atoms with Gasteiger partial charge in [0.25, 0.3) is 0 Å². The molecular formula is C18H26N4O2S. The van der Waals surface area contributed by atoms with E-state index < -0.39 is 17.2 Å². The Balaban J connectivity index is 2.70. The quantitative estimate of drug-likeness (QED) is 0.646. The van der Waals surface area contributed by atoms with Gasteiger partial charge in [0.1, 0.15) is 5.92 Å². The predicted molar refractivity (Wildman–Crippen MR) is 97.9 cm³/mol. The summed E-state index contributed by atoms with van der Waals surface area (Å²) in [6.45, 7) is 7.52. The first kappa shape index (κ1) is 21.1. The summed E-state index contributed by atoms with van der Waals surface area (Å²) in [6.07, 6.45) is 4.30. The van der Waals surface area contributed by atoms with E-state index in [-0.39, 0.29) is 17.7 Å². The van der Waals surface area contributed by atoms with Crippen molar-refractivity contribution in [2.45, 2.75) is 59.4 Å². The van der Waals surface area contributed by atoms with Crippen LogP contribution in [0.3, 0.4) is 0 Å². The van der Waals surface area contributed by atoms with Crippen molar-refractivity contribution in [2.24, 2.45) is 11.3 Å². The van der Waals surface area contributed by atoms with Crippen LogP contribution in [0.2, 0.25) is 0 Å². The van der Waals surface area contributed by atoms with Crippen LogP contribution in [0.4, 0.5) is 0 Å². The monoisotopic (exact) mass is 362 g/mol. The van der Waals surface area contributed by atoms with Crippen LogP contribution in [0.1, 0.15) is 53.4 Å². The summed E-state index contributed by atoms with van der Waals surface area (Å²) in [7, 11) is 0. The van der Waals surface area contributed by atoms with Crippen LogP contribution < -0.4 is 10.6 Å². The highest BCUT2D eigenvalue weighted by atomic mass is 32.2. The molecule has 0 unspecified atom stereocenters. The first-order valence-corrected chi connectivity index (χ1v) is 9.53. The summed E-state index contributed by atoms with van der Waals surface area (Å²) in [5, 5.41) is 24.5. The molecule has 0 bridgehead atoms. The number of rotatable bonds is 8. The molecule has 0 spiro atoms. The summed E-state index contributed by atoms with van der Waals surface area (Å²) in [6, 6.07) is 4.15. The maximum atomic E-state index is 12.1. The van der Waals surface area contributed by atoms with Crippen molar-refractivity contribution >= 4 is 23.6 Å². The summed E-state index contributed by atoms with van der Waals surface area (Å²) >= 11 is 1.13. The normalized spacial score (nSPS) is 20.2. The predicted octanol–water partition coefficient (Wildman–Crippen LogP) is 2.84. The summed E-state index contributed by atoms with van der Waals surface area (Å²) in [5.74, 6) is -1.36. The van der Waals surface area contributed by atoms with Crippen molar-refractivity contribution in [1.82, 2.24) is 10.6 Å². The molecule has 0 aliphatic carbocycles. The molecule has 1 rings (SSSR count). The Labute approximate surface area is 154 Å². The Kier molecular flexibility index (Phi) is 7.99. The number of thioether (sulfide) groups is 1. The maximum Gasteiger partial charge on any atom is 0.243 e. The van der Waals surface area contributed by atoms with E-state index in [1.165, 1.54) is 0 Å². The van der Waals surface area contributed by atoms with Crippen molar-refractivity contribution in [3.05, 3.63) is 10.6 Å². The van der Waals surface area contributed by atoms with Crippen molar-refractivity contribution in [3.8, 4) is 12.1 Å². The Morgan fingerprint density at radius 3 is 2.64 bits per heavy atom. The van der Waals surface area contributed by atoms with E-state index in [2.05, 4.69) is 23.6 Å². The minimum atomic E-state index is -0.918. The fraction of sp³-hybridized carbons (Fsp3) is 0.667. The van der Waals surface area contributed by atoms with Crippen LogP contribution in [-0.2, 0) is 9.59 Å². The van der Waals surface area contributed by atoms with E-state index in [1.54, 1.807) is 13.8 Å². The highest BCUT2D eigenvalue weighted by Crippen LogP contribution is 2.41. The number of nitrogens with one attached hydrogen (secondary N) is 2. The molecule has 136 valence electrons. The zero-order chi connectivity index (χ0) is 19.0. The summed E-state index contributed by atoms with van der Waals surface area (Å²) < 4.78 is 0. The van der Waals surface area contributed by atoms with Gasteiger partial charge in [-0.25, -0.2) is 0 Å². The molecule has 0 aromatic heterocycles. The highest BCUT2D eigenvalue weighted by molar-refractivity contribution is 8.03. The van der Waals surface area contributed by atoms with Gasteiger partial charge in [0.2, 0.25) is 11.8 Å². The fourth-order valence-corrected chi connectivity index (χ4v) is 3.75. The molecule has 1 aliphatic heterocycles. The number of nitrogens with zero attached hydrogens (tertiary/aromatic N) is 2. The second kappa shape index (κ2) is 9.48. The van der Waals surface area contributed by atoms with Crippen molar-refractivity contribution in [1.29, 1.82) is 10.5 Å². The van der Waals surface area contributed by atoms with E-state index in [1.807, 2.05) is 13.0 Å². The topological polar surface area (TPSA) is 106 Å². The third kappa shape index (κ3) is 5.51. The number of hydrogen-bond donors (Lipinski definition) is 2. The van der Waals surface area contributed by atoms with Crippen molar-refractivity contribution in [3.63, 3.8) is 0 Å². The molecule has 2 amide bonds. The molecule has 25 heavy (non-hydrogen) atoms. The molecule has 0 saturated carbocycles. The molecule has 1 heterocycles. The smallest absolute Gasteiger partial charge is 0.243 e. The lowest BCUT2D eigenvalue weighted by Crippen LogP contribution is -2.44. The zero-order valence-electron chi connectivity index (χ0n) is 15.3. The minimum absolute atomic E-state index is 0.101. The summed E-state index contributed by atoms with van der Waals surface area (Å²) in [5.41, 5.74) is -0.537. The minimum Gasteiger partial charge on any atom is -0.353 e. The van der Waals surface area contributed by atoms with Gasteiger partial charge < -0.3 is 10.6 Å². The van der Waals surface area contributed by atoms with Crippen LogP contribution in [0.25, 0.3) is 0 Å². The van der Waals surface area contributed by atoms with Crippen molar-refractivity contribution in [2.75, 3.05) is 5.75 Å². The second-order valence-electron chi connectivity index (χ2n) is 6.84. The Morgan fingerprint density at radius 2 is 2.08 bits per heavy atom.